The summed E-state index contributed by atoms with van der Waals surface area (Å²) < 4.78 is 5.37. The van der Waals surface area contributed by atoms with Crippen LogP contribution in [0.1, 0.15) is 37.7 Å². The van der Waals surface area contributed by atoms with Crippen LogP contribution in [-0.4, -0.2) is 37.0 Å². The Morgan fingerprint density at radius 1 is 1.27 bits per heavy atom. The van der Waals surface area contributed by atoms with Gasteiger partial charge in [0.15, 0.2) is 0 Å². The first kappa shape index (κ1) is 15.3. The van der Waals surface area contributed by atoms with Gasteiger partial charge in [-0.3, -0.25) is 4.79 Å². The van der Waals surface area contributed by atoms with E-state index in [0.29, 0.717) is 31.0 Å². The fourth-order valence-corrected chi connectivity index (χ4v) is 3.92. The molecule has 0 spiro atoms. The predicted octanol–water partition coefficient (Wildman–Crippen LogP) is 2.57. The number of carbonyl (C=O) groups excluding carboxylic acids is 1. The molecule has 0 radical (unpaired) electrons. The van der Waals surface area contributed by atoms with Crippen molar-refractivity contribution < 1.29 is 9.53 Å². The topological polar surface area (TPSA) is 41.6 Å². The molecule has 2 aliphatic rings. The monoisotopic (exact) mass is 302 g/mol. The lowest BCUT2D eigenvalue weighted by Crippen LogP contribution is -2.39. The Bertz CT molecular complexity index is 520. The van der Waals surface area contributed by atoms with Gasteiger partial charge in [-0.05, 0) is 37.7 Å². The van der Waals surface area contributed by atoms with Gasteiger partial charge in [0.05, 0.1) is 7.11 Å². The minimum absolute atomic E-state index is 0.247. The van der Waals surface area contributed by atoms with Crippen molar-refractivity contribution in [1.82, 2.24) is 10.2 Å². The molecule has 120 valence electrons. The van der Waals surface area contributed by atoms with Crippen LogP contribution in [0.25, 0.3) is 0 Å². The van der Waals surface area contributed by atoms with E-state index in [9.17, 15) is 4.79 Å². The molecule has 1 aromatic carbocycles. The van der Waals surface area contributed by atoms with Crippen LogP contribution in [0.15, 0.2) is 24.3 Å². The van der Waals surface area contributed by atoms with E-state index < -0.39 is 0 Å². The molecule has 2 heterocycles. The van der Waals surface area contributed by atoms with Gasteiger partial charge in [-0.15, -0.1) is 0 Å². The number of piperidine rings is 1. The number of carbonyl (C=O) groups is 1. The van der Waals surface area contributed by atoms with E-state index in [1.165, 1.54) is 12.8 Å². The number of benzene rings is 1. The second-order valence-corrected chi connectivity index (χ2v) is 6.74. The van der Waals surface area contributed by atoms with Gasteiger partial charge in [0.2, 0.25) is 5.91 Å². The van der Waals surface area contributed by atoms with E-state index in [4.69, 9.17) is 4.74 Å². The van der Waals surface area contributed by atoms with Crippen LogP contribution in [0, 0.1) is 5.92 Å². The molecule has 2 fully saturated rings. The van der Waals surface area contributed by atoms with Crippen molar-refractivity contribution in [1.29, 1.82) is 0 Å². The summed E-state index contributed by atoms with van der Waals surface area (Å²) >= 11 is 0. The van der Waals surface area contributed by atoms with Crippen LogP contribution >= 0.6 is 0 Å². The summed E-state index contributed by atoms with van der Waals surface area (Å²) in [5.41, 5.74) is 1.06. The van der Waals surface area contributed by atoms with Crippen LogP contribution in [0.4, 0.5) is 0 Å². The lowest BCUT2D eigenvalue weighted by atomic mass is 9.89. The maximum absolute atomic E-state index is 12.5. The normalized spacial score (nSPS) is 26.7. The van der Waals surface area contributed by atoms with Crippen molar-refractivity contribution in [3.63, 3.8) is 0 Å². The number of hydrogen-bond acceptors (Lipinski definition) is 3. The van der Waals surface area contributed by atoms with Gasteiger partial charge in [0.25, 0.3) is 0 Å². The number of nitrogens with one attached hydrogen (secondary N) is 1. The zero-order valence-corrected chi connectivity index (χ0v) is 13.5. The van der Waals surface area contributed by atoms with Crippen molar-refractivity contribution in [3.05, 3.63) is 29.8 Å². The molecule has 2 bridgehead atoms. The molecule has 2 unspecified atom stereocenters. The predicted molar refractivity (Wildman–Crippen MR) is 86.8 cm³/mol. The summed E-state index contributed by atoms with van der Waals surface area (Å²) in [6, 6.07) is 9.20. The molecule has 2 saturated heterocycles. The molecule has 1 amide bonds. The van der Waals surface area contributed by atoms with Gasteiger partial charge in [-0.25, -0.2) is 0 Å². The Morgan fingerprint density at radius 3 is 2.64 bits per heavy atom. The van der Waals surface area contributed by atoms with Crippen LogP contribution in [0.5, 0.6) is 5.75 Å². The molecule has 2 aliphatic heterocycles. The van der Waals surface area contributed by atoms with Crippen molar-refractivity contribution in [2.45, 2.75) is 50.7 Å². The molecule has 1 aromatic rings. The Hall–Kier alpha value is -1.55. The zero-order valence-electron chi connectivity index (χ0n) is 13.5. The molecule has 0 aromatic heterocycles. The van der Waals surface area contributed by atoms with E-state index in [1.807, 2.05) is 36.2 Å². The van der Waals surface area contributed by atoms with Crippen LogP contribution in [0.2, 0.25) is 0 Å². The third-order valence-corrected chi connectivity index (χ3v) is 5.06. The summed E-state index contributed by atoms with van der Waals surface area (Å²) in [4.78, 5) is 14.3. The maximum atomic E-state index is 12.5. The number of hydrogen-bond donors (Lipinski definition) is 1. The Kier molecular flexibility index (Phi) is 4.67. The molecular formula is C18H26N2O2. The minimum Gasteiger partial charge on any atom is -0.496 e. The highest BCUT2D eigenvalue weighted by atomic mass is 16.5. The Labute approximate surface area is 132 Å². The SMILES string of the molecule is COc1ccccc1CN(C)C(=O)CC1CC2CCC(C1)N2. The quantitative estimate of drug-likeness (QED) is 0.909. The molecule has 1 N–H and O–H groups in total. The van der Waals surface area contributed by atoms with E-state index in [1.54, 1.807) is 7.11 Å². The first-order valence-corrected chi connectivity index (χ1v) is 8.27. The van der Waals surface area contributed by atoms with Gasteiger partial charge in [-0.1, -0.05) is 18.2 Å². The second kappa shape index (κ2) is 6.69. The zero-order chi connectivity index (χ0) is 15.5. The number of nitrogens with zero attached hydrogens (tertiary/aromatic N) is 1. The Morgan fingerprint density at radius 2 is 1.95 bits per heavy atom. The summed E-state index contributed by atoms with van der Waals surface area (Å²) in [6.45, 7) is 0.612. The van der Waals surface area contributed by atoms with Crippen molar-refractivity contribution in [2.75, 3.05) is 14.2 Å². The van der Waals surface area contributed by atoms with Crippen molar-refractivity contribution >= 4 is 5.91 Å². The highest BCUT2D eigenvalue weighted by molar-refractivity contribution is 5.76. The molecule has 22 heavy (non-hydrogen) atoms. The van der Waals surface area contributed by atoms with Crippen LogP contribution in [-0.2, 0) is 11.3 Å². The molecule has 0 aliphatic carbocycles. The van der Waals surface area contributed by atoms with Crippen LogP contribution in [0.3, 0.4) is 0 Å². The fraction of sp³-hybridized carbons (Fsp3) is 0.611. The number of para-hydroxylation sites is 1. The number of amides is 1. The van der Waals surface area contributed by atoms with Gasteiger partial charge in [-0.2, -0.15) is 0 Å². The van der Waals surface area contributed by atoms with Gasteiger partial charge in [0.1, 0.15) is 5.75 Å². The standard InChI is InChI=1S/C18H26N2O2/c1-20(12-14-5-3-4-6-17(14)22-2)18(21)11-13-9-15-7-8-16(10-13)19-15/h3-6,13,15-16,19H,7-12H2,1-2H3. The molecule has 2 atom stereocenters. The maximum Gasteiger partial charge on any atom is 0.222 e. The fourth-order valence-electron chi connectivity index (χ4n) is 3.92. The number of methoxy groups -OCH3 is 1. The smallest absolute Gasteiger partial charge is 0.222 e. The number of ether oxygens (including phenoxy) is 1. The lowest BCUT2D eigenvalue weighted by Gasteiger charge is -2.30. The molecule has 0 saturated carbocycles. The van der Waals surface area contributed by atoms with E-state index in [-0.39, 0.29) is 5.91 Å². The first-order valence-electron chi connectivity index (χ1n) is 8.27. The molecule has 4 heteroatoms. The van der Waals surface area contributed by atoms with E-state index in [2.05, 4.69) is 5.32 Å². The molecule has 3 rings (SSSR count). The van der Waals surface area contributed by atoms with Gasteiger partial charge >= 0.3 is 0 Å². The highest BCUT2D eigenvalue weighted by Gasteiger charge is 2.34. The minimum atomic E-state index is 0.247. The first-order chi connectivity index (χ1) is 10.7. The molecule has 4 nitrogen and oxygen atoms in total. The third-order valence-electron chi connectivity index (χ3n) is 5.06. The van der Waals surface area contributed by atoms with Crippen LogP contribution < -0.4 is 10.1 Å². The third kappa shape index (κ3) is 3.43. The van der Waals surface area contributed by atoms with E-state index >= 15 is 0 Å². The summed E-state index contributed by atoms with van der Waals surface area (Å²) in [5, 5.41) is 3.64. The van der Waals surface area contributed by atoms with E-state index in [0.717, 1.165) is 24.2 Å². The second-order valence-electron chi connectivity index (χ2n) is 6.74. The van der Waals surface area contributed by atoms with Gasteiger partial charge < -0.3 is 15.0 Å². The van der Waals surface area contributed by atoms with Crippen molar-refractivity contribution in [3.8, 4) is 5.75 Å². The highest BCUT2D eigenvalue weighted by Crippen LogP contribution is 2.33. The lowest BCUT2D eigenvalue weighted by molar-refractivity contribution is -0.131. The van der Waals surface area contributed by atoms with Gasteiger partial charge in [0, 0.05) is 37.7 Å². The summed E-state index contributed by atoms with van der Waals surface area (Å²) in [5.74, 6) is 1.64. The Balaban J connectivity index is 1.55. The number of fused-ring (bicyclic) bond motifs is 2. The summed E-state index contributed by atoms with van der Waals surface area (Å²) in [7, 11) is 3.57. The average molecular weight is 302 g/mol. The average Bonchev–Trinajstić information content (AvgIpc) is 2.86. The molecular weight excluding hydrogens is 276 g/mol. The summed E-state index contributed by atoms with van der Waals surface area (Å²) in [6.07, 6.45) is 5.56. The largest absolute Gasteiger partial charge is 0.496 e. The van der Waals surface area contributed by atoms with Crippen molar-refractivity contribution in [2.24, 2.45) is 5.92 Å². The number of rotatable bonds is 5.